The molecular weight excluding hydrogens is 274 g/mol. The highest BCUT2D eigenvalue weighted by Crippen LogP contribution is 2.20. The molecule has 1 rings (SSSR count). The first-order chi connectivity index (χ1) is 9.27. The maximum absolute atomic E-state index is 12.2. The average Bonchev–Trinajstić information content (AvgIpc) is 2.38. The topological polar surface area (TPSA) is 85.1 Å². The third-order valence-electron chi connectivity index (χ3n) is 3.53. The van der Waals surface area contributed by atoms with Gasteiger partial charge in [0, 0.05) is 19.3 Å². The van der Waals surface area contributed by atoms with E-state index in [1.54, 1.807) is 6.07 Å². The molecule has 3 N–H and O–H groups in total. The fourth-order valence-electron chi connectivity index (χ4n) is 2.21. The van der Waals surface area contributed by atoms with E-state index in [1.807, 2.05) is 0 Å². The van der Waals surface area contributed by atoms with Gasteiger partial charge in [0.2, 0.25) is 0 Å². The van der Waals surface area contributed by atoms with Crippen LogP contribution in [-0.2, 0) is 16.6 Å². The minimum atomic E-state index is -3.55. The monoisotopic (exact) mass is 299 g/mol. The number of pyridine rings is 1. The number of rotatable bonds is 7. The second-order valence-corrected chi connectivity index (χ2v) is 7.43. The molecule has 0 atom stereocenters. The van der Waals surface area contributed by atoms with Crippen molar-refractivity contribution in [3.05, 3.63) is 23.9 Å². The summed E-state index contributed by atoms with van der Waals surface area (Å²) >= 11 is 0. The molecule has 1 heterocycles. The molecule has 0 radical (unpaired) electrons. The van der Waals surface area contributed by atoms with Gasteiger partial charge in [0.25, 0.3) is 10.0 Å². The highest BCUT2D eigenvalue weighted by molar-refractivity contribution is 7.89. The molecule has 1 aromatic rings. The van der Waals surface area contributed by atoms with Crippen molar-refractivity contribution in [1.82, 2.24) is 9.71 Å². The van der Waals surface area contributed by atoms with Crippen molar-refractivity contribution in [3.8, 4) is 0 Å². The molecule has 5 nitrogen and oxygen atoms in total. The number of nitrogens with two attached hydrogens (primary N) is 1. The molecule has 0 fully saturated rings. The summed E-state index contributed by atoms with van der Waals surface area (Å²) in [6.45, 7) is 9.20. The van der Waals surface area contributed by atoms with E-state index >= 15 is 0 Å². The van der Waals surface area contributed by atoms with Crippen LogP contribution in [0.4, 0.5) is 0 Å². The van der Waals surface area contributed by atoms with Crippen molar-refractivity contribution in [2.75, 3.05) is 6.54 Å². The molecule has 0 aliphatic carbocycles. The standard InChI is InChI=1S/C14H25N3O2S/c1-10(2)13(11(3)4)9-17-20(18,19)14-6-5-12(7-15)8-16-14/h5-6,8,10-11,13,17H,7,9,15H2,1-4H3. The van der Waals surface area contributed by atoms with E-state index in [4.69, 9.17) is 5.73 Å². The predicted octanol–water partition coefficient (Wildman–Crippen LogP) is 1.75. The first-order valence-electron chi connectivity index (χ1n) is 6.92. The van der Waals surface area contributed by atoms with Crippen LogP contribution >= 0.6 is 0 Å². The molecule has 0 amide bonds. The zero-order chi connectivity index (χ0) is 15.3. The first-order valence-corrected chi connectivity index (χ1v) is 8.41. The van der Waals surface area contributed by atoms with Gasteiger partial charge in [-0.3, -0.25) is 0 Å². The van der Waals surface area contributed by atoms with Gasteiger partial charge in [-0.1, -0.05) is 33.8 Å². The van der Waals surface area contributed by atoms with Crippen LogP contribution < -0.4 is 10.5 Å². The molecule has 0 saturated heterocycles. The Morgan fingerprint density at radius 3 is 2.20 bits per heavy atom. The Labute approximate surface area is 122 Å². The van der Waals surface area contributed by atoms with Crippen LogP contribution in [-0.4, -0.2) is 19.9 Å². The SMILES string of the molecule is CC(C)C(CNS(=O)(=O)c1ccc(CN)cn1)C(C)C. The molecule has 0 saturated carbocycles. The lowest BCUT2D eigenvalue weighted by molar-refractivity contribution is 0.289. The number of nitrogens with zero attached hydrogens (tertiary/aromatic N) is 1. The summed E-state index contributed by atoms with van der Waals surface area (Å²) in [7, 11) is -3.55. The molecule has 1 aromatic heterocycles. The molecular formula is C14H25N3O2S. The van der Waals surface area contributed by atoms with E-state index in [9.17, 15) is 8.42 Å². The van der Waals surface area contributed by atoms with E-state index in [-0.39, 0.29) is 5.03 Å². The van der Waals surface area contributed by atoms with Gasteiger partial charge in [-0.25, -0.2) is 18.1 Å². The lowest BCUT2D eigenvalue weighted by Gasteiger charge is -2.24. The van der Waals surface area contributed by atoms with Crippen molar-refractivity contribution in [2.24, 2.45) is 23.5 Å². The molecule has 0 aliphatic heterocycles. The van der Waals surface area contributed by atoms with Crippen molar-refractivity contribution in [2.45, 2.75) is 39.3 Å². The van der Waals surface area contributed by atoms with Crippen molar-refractivity contribution >= 4 is 10.0 Å². The molecule has 0 aromatic carbocycles. The average molecular weight is 299 g/mol. The van der Waals surface area contributed by atoms with E-state index in [0.29, 0.717) is 30.8 Å². The molecule has 0 bridgehead atoms. The van der Waals surface area contributed by atoms with E-state index in [2.05, 4.69) is 37.4 Å². The molecule has 0 unspecified atom stereocenters. The summed E-state index contributed by atoms with van der Waals surface area (Å²) in [6, 6.07) is 3.17. The Morgan fingerprint density at radius 1 is 1.20 bits per heavy atom. The Morgan fingerprint density at radius 2 is 1.80 bits per heavy atom. The zero-order valence-electron chi connectivity index (χ0n) is 12.6. The van der Waals surface area contributed by atoms with E-state index in [1.165, 1.54) is 12.3 Å². The number of hydrogen-bond acceptors (Lipinski definition) is 4. The van der Waals surface area contributed by atoms with Crippen molar-refractivity contribution < 1.29 is 8.42 Å². The Hall–Kier alpha value is -0.980. The van der Waals surface area contributed by atoms with Gasteiger partial charge < -0.3 is 5.73 Å². The van der Waals surface area contributed by atoms with Crippen LogP contribution in [0, 0.1) is 17.8 Å². The Bertz CT molecular complexity index is 502. The molecule has 0 spiro atoms. The van der Waals surface area contributed by atoms with Crippen LogP contribution in [0.5, 0.6) is 0 Å². The molecule has 6 heteroatoms. The second-order valence-electron chi connectivity index (χ2n) is 5.71. The maximum Gasteiger partial charge on any atom is 0.258 e. The Kier molecular flexibility index (Phi) is 6.10. The lowest BCUT2D eigenvalue weighted by Crippen LogP contribution is -2.34. The van der Waals surface area contributed by atoms with E-state index < -0.39 is 10.0 Å². The highest BCUT2D eigenvalue weighted by Gasteiger charge is 2.22. The van der Waals surface area contributed by atoms with Crippen LogP contribution in [0.1, 0.15) is 33.3 Å². The fraction of sp³-hybridized carbons (Fsp3) is 0.643. The van der Waals surface area contributed by atoms with Crippen LogP contribution in [0.15, 0.2) is 23.4 Å². The van der Waals surface area contributed by atoms with Gasteiger partial charge >= 0.3 is 0 Å². The maximum atomic E-state index is 12.2. The summed E-state index contributed by atoms with van der Waals surface area (Å²) in [5.74, 6) is 1.14. The molecule has 114 valence electrons. The third-order valence-corrected chi connectivity index (χ3v) is 4.87. The lowest BCUT2D eigenvalue weighted by atomic mass is 9.86. The van der Waals surface area contributed by atoms with Gasteiger partial charge in [-0.15, -0.1) is 0 Å². The third kappa shape index (κ3) is 4.54. The summed E-state index contributed by atoms with van der Waals surface area (Å²) in [4.78, 5) is 3.96. The van der Waals surface area contributed by atoms with Crippen molar-refractivity contribution in [3.63, 3.8) is 0 Å². The van der Waals surface area contributed by atoms with Crippen LogP contribution in [0.3, 0.4) is 0 Å². The van der Waals surface area contributed by atoms with E-state index in [0.717, 1.165) is 5.56 Å². The van der Waals surface area contributed by atoms with Gasteiger partial charge in [0.1, 0.15) is 0 Å². The molecule has 20 heavy (non-hydrogen) atoms. The Balaban J connectivity index is 2.78. The van der Waals surface area contributed by atoms with Crippen LogP contribution in [0.2, 0.25) is 0 Å². The van der Waals surface area contributed by atoms with Crippen molar-refractivity contribution in [1.29, 1.82) is 0 Å². The summed E-state index contributed by atoms with van der Waals surface area (Å²) < 4.78 is 27.0. The number of aromatic nitrogens is 1. The fourth-order valence-corrected chi connectivity index (χ4v) is 3.21. The predicted molar refractivity (Wildman–Crippen MR) is 80.5 cm³/mol. The zero-order valence-corrected chi connectivity index (χ0v) is 13.4. The largest absolute Gasteiger partial charge is 0.326 e. The smallest absolute Gasteiger partial charge is 0.258 e. The van der Waals surface area contributed by atoms with Gasteiger partial charge in [-0.05, 0) is 29.4 Å². The number of nitrogens with one attached hydrogen (secondary N) is 1. The highest BCUT2D eigenvalue weighted by atomic mass is 32.2. The second kappa shape index (κ2) is 7.15. The summed E-state index contributed by atoms with van der Waals surface area (Å²) in [5.41, 5.74) is 6.28. The molecule has 0 aliphatic rings. The number of sulfonamides is 1. The minimum Gasteiger partial charge on any atom is -0.326 e. The normalized spacial score (nSPS) is 12.6. The van der Waals surface area contributed by atoms with Crippen LogP contribution in [0.25, 0.3) is 0 Å². The summed E-state index contributed by atoms with van der Waals surface area (Å²) in [5, 5.41) is 0.0426. The van der Waals surface area contributed by atoms with Gasteiger partial charge in [0.05, 0.1) is 0 Å². The first kappa shape index (κ1) is 17.1. The van der Waals surface area contributed by atoms with Gasteiger partial charge in [0.15, 0.2) is 5.03 Å². The number of hydrogen-bond donors (Lipinski definition) is 2. The van der Waals surface area contributed by atoms with Gasteiger partial charge in [-0.2, -0.15) is 0 Å². The quantitative estimate of drug-likeness (QED) is 0.803. The summed E-state index contributed by atoms with van der Waals surface area (Å²) in [6.07, 6.45) is 1.50. The minimum absolute atomic E-state index is 0.0426.